The number of rotatable bonds is 6. The van der Waals surface area contributed by atoms with E-state index < -0.39 is 5.60 Å². The lowest BCUT2D eigenvalue weighted by Crippen LogP contribution is -2.33. The van der Waals surface area contributed by atoms with Gasteiger partial charge in [0.2, 0.25) is 0 Å². The Hall–Kier alpha value is -4.74. The molecule has 2 aliphatic heterocycles. The van der Waals surface area contributed by atoms with Crippen molar-refractivity contribution in [3.8, 4) is 11.5 Å². The van der Waals surface area contributed by atoms with Crippen LogP contribution in [-0.4, -0.2) is 12.5 Å². The second-order valence-electron chi connectivity index (χ2n) is 11.0. The third-order valence-corrected chi connectivity index (χ3v) is 8.70. The van der Waals surface area contributed by atoms with Crippen LogP contribution in [0.5, 0.6) is 11.5 Å². The van der Waals surface area contributed by atoms with Crippen LogP contribution in [0.3, 0.4) is 0 Å². The Labute approximate surface area is 256 Å². The smallest absolute Gasteiger partial charge is 0.340 e. The summed E-state index contributed by atoms with van der Waals surface area (Å²) in [7, 11) is 0. The first-order valence-corrected chi connectivity index (χ1v) is 15.0. The Morgan fingerprint density at radius 3 is 2.26 bits per heavy atom. The van der Waals surface area contributed by atoms with Crippen LogP contribution >= 0.6 is 11.6 Å². The molecule has 0 aliphatic carbocycles. The molecule has 43 heavy (non-hydrogen) atoms. The summed E-state index contributed by atoms with van der Waals surface area (Å²) in [5.74, 6) is 0.969. The number of fused-ring (bicyclic) bond motifs is 6. The fraction of sp³-hybridized carbons (Fsp3) is 0.162. The van der Waals surface area contributed by atoms with Crippen molar-refractivity contribution in [3.05, 3.63) is 142 Å². The van der Waals surface area contributed by atoms with Gasteiger partial charge in [-0.25, -0.2) is 4.79 Å². The summed E-state index contributed by atoms with van der Waals surface area (Å²) in [5, 5.41) is 4.18. The maximum Gasteiger partial charge on any atom is 0.340 e. The number of carbonyl (C=O) groups is 1. The predicted molar refractivity (Wildman–Crippen MR) is 173 cm³/mol. The predicted octanol–water partition coefficient (Wildman–Crippen LogP) is 9.68. The number of nitrogens with zero attached hydrogens (tertiary/aromatic N) is 1. The number of anilines is 4. The molecule has 7 rings (SSSR count). The highest BCUT2D eigenvalue weighted by atomic mass is 35.5. The van der Waals surface area contributed by atoms with E-state index in [0.717, 1.165) is 58.0 Å². The Bertz CT molecular complexity index is 1870. The molecule has 5 aromatic rings. The Balaban J connectivity index is 1.38. The van der Waals surface area contributed by atoms with Gasteiger partial charge in [0.15, 0.2) is 5.60 Å². The Morgan fingerprint density at radius 1 is 0.791 bits per heavy atom. The van der Waals surface area contributed by atoms with Gasteiger partial charge in [0.1, 0.15) is 11.5 Å². The first-order chi connectivity index (χ1) is 20.9. The fourth-order valence-electron chi connectivity index (χ4n) is 6.23. The second-order valence-corrected chi connectivity index (χ2v) is 11.4. The van der Waals surface area contributed by atoms with Crippen molar-refractivity contribution in [2.45, 2.75) is 32.8 Å². The van der Waals surface area contributed by atoms with Crippen molar-refractivity contribution in [1.29, 1.82) is 0 Å². The van der Waals surface area contributed by atoms with E-state index in [9.17, 15) is 4.79 Å². The third-order valence-electron chi connectivity index (χ3n) is 8.45. The van der Waals surface area contributed by atoms with Gasteiger partial charge in [-0.05, 0) is 98.1 Å². The van der Waals surface area contributed by atoms with E-state index in [0.29, 0.717) is 22.1 Å². The monoisotopic (exact) mass is 586 g/mol. The first kappa shape index (κ1) is 27.1. The Morgan fingerprint density at radius 2 is 1.51 bits per heavy atom. The van der Waals surface area contributed by atoms with Gasteiger partial charge in [-0.3, -0.25) is 0 Å². The molecule has 0 saturated carbocycles. The highest BCUT2D eigenvalue weighted by Gasteiger charge is 2.53. The average Bonchev–Trinajstić information content (AvgIpc) is 3.32. The molecule has 5 aromatic carbocycles. The summed E-state index contributed by atoms with van der Waals surface area (Å²) in [4.78, 5) is 15.6. The number of carbonyl (C=O) groups excluding carboxylic acids is 1. The Kier molecular flexibility index (Phi) is 6.63. The molecular formula is C37H31ClN2O3. The summed E-state index contributed by atoms with van der Waals surface area (Å²) in [6, 6.07) is 34.1. The van der Waals surface area contributed by atoms with Gasteiger partial charge in [-0.1, -0.05) is 48.9 Å². The van der Waals surface area contributed by atoms with Crippen LogP contribution in [0.15, 0.2) is 103 Å². The molecule has 0 bridgehead atoms. The quantitative estimate of drug-likeness (QED) is 0.201. The summed E-state index contributed by atoms with van der Waals surface area (Å²) < 4.78 is 13.1. The highest BCUT2D eigenvalue weighted by molar-refractivity contribution is 6.30. The normalized spacial score (nSPS) is 16.1. The molecule has 0 radical (unpaired) electrons. The SMILES string of the molecule is CCc1ccc(N(CC)c2ccc3c(c2)Oc2cc(C)c(Nc4ccc(Cl)cc4)cc2C32OC(=O)c3ccccc32)cc1. The van der Waals surface area contributed by atoms with Crippen LogP contribution in [0.25, 0.3) is 0 Å². The molecule has 1 spiro atoms. The lowest BCUT2D eigenvalue weighted by molar-refractivity contribution is 0.0224. The number of hydrogen-bond acceptors (Lipinski definition) is 5. The van der Waals surface area contributed by atoms with Crippen LogP contribution in [0, 0.1) is 6.92 Å². The lowest BCUT2D eigenvalue weighted by Gasteiger charge is -2.38. The van der Waals surface area contributed by atoms with Crippen molar-refractivity contribution in [3.63, 3.8) is 0 Å². The molecule has 0 fully saturated rings. The standard InChI is InChI=1S/C37H31ClN2O3/c1-4-24-10-16-27(17-11-24)40(5-2)28-18-19-31-35(21-28)42-34-20-23(3)33(39-26-14-12-25(38)13-15-26)22-32(34)37(31)30-9-7-6-8-29(30)36(41)43-37/h6-22,39H,4-5H2,1-3H3. The first-order valence-electron chi connectivity index (χ1n) is 14.6. The van der Waals surface area contributed by atoms with E-state index in [4.69, 9.17) is 21.1 Å². The van der Waals surface area contributed by atoms with Crippen LogP contribution in [0.1, 0.15) is 52.0 Å². The summed E-state index contributed by atoms with van der Waals surface area (Å²) in [6.07, 6.45) is 0.997. The minimum absolute atomic E-state index is 0.350. The second kappa shape index (κ2) is 10.5. The minimum Gasteiger partial charge on any atom is -0.456 e. The molecule has 214 valence electrons. The van der Waals surface area contributed by atoms with Gasteiger partial charge in [0.25, 0.3) is 0 Å². The summed E-state index contributed by atoms with van der Waals surface area (Å²) in [6.45, 7) is 7.11. The van der Waals surface area contributed by atoms with Gasteiger partial charge in [-0.15, -0.1) is 0 Å². The van der Waals surface area contributed by atoms with Crippen LogP contribution in [0.4, 0.5) is 22.7 Å². The number of halogens is 1. The highest BCUT2D eigenvalue weighted by Crippen LogP contribution is 2.57. The zero-order chi connectivity index (χ0) is 29.7. The molecule has 1 atom stereocenters. The molecule has 0 amide bonds. The van der Waals surface area contributed by atoms with Crippen molar-refractivity contribution >= 4 is 40.3 Å². The number of ether oxygens (including phenoxy) is 2. The van der Waals surface area contributed by atoms with Gasteiger partial charge in [0, 0.05) is 57.1 Å². The number of nitrogens with one attached hydrogen (secondary N) is 1. The molecule has 5 nitrogen and oxygen atoms in total. The summed E-state index contributed by atoms with van der Waals surface area (Å²) >= 11 is 6.12. The largest absolute Gasteiger partial charge is 0.456 e. The molecule has 6 heteroatoms. The van der Waals surface area contributed by atoms with Gasteiger partial charge in [-0.2, -0.15) is 0 Å². The maximum absolute atomic E-state index is 13.4. The third kappa shape index (κ3) is 4.43. The van der Waals surface area contributed by atoms with E-state index in [2.05, 4.69) is 60.5 Å². The van der Waals surface area contributed by atoms with E-state index >= 15 is 0 Å². The van der Waals surface area contributed by atoms with Gasteiger partial charge < -0.3 is 19.7 Å². The maximum atomic E-state index is 13.4. The summed E-state index contributed by atoms with van der Waals surface area (Å²) in [5.41, 5.74) is 7.97. The lowest BCUT2D eigenvalue weighted by atomic mass is 9.77. The fourth-order valence-corrected chi connectivity index (χ4v) is 6.35. The molecule has 0 aromatic heterocycles. The topological polar surface area (TPSA) is 50.8 Å². The molecule has 0 saturated heterocycles. The molecule has 1 unspecified atom stereocenters. The van der Waals surface area contributed by atoms with E-state index in [-0.39, 0.29) is 5.97 Å². The number of benzene rings is 5. The molecule has 2 aliphatic rings. The number of hydrogen-bond donors (Lipinski definition) is 1. The zero-order valence-corrected chi connectivity index (χ0v) is 25.0. The van der Waals surface area contributed by atoms with Gasteiger partial charge >= 0.3 is 5.97 Å². The zero-order valence-electron chi connectivity index (χ0n) is 24.3. The van der Waals surface area contributed by atoms with E-state index in [1.807, 2.05) is 73.7 Å². The number of esters is 1. The van der Waals surface area contributed by atoms with Crippen LogP contribution in [0.2, 0.25) is 5.02 Å². The van der Waals surface area contributed by atoms with Gasteiger partial charge in [0.05, 0.1) is 5.56 Å². The minimum atomic E-state index is -1.15. The molecule has 2 heterocycles. The van der Waals surface area contributed by atoms with Crippen LogP contribution in [-0.2, 0) is 16.8 Å². The van der Waals surface area contributed by atoms with E-state index in [1.165, 1.54) is 5.56 Å². The van der Waals surface area contributed by atoms with Crippen molar-refractivity contribution < 1.29 is 14.3 Å². The van der Waals surface area contributed by atoms with Crippen LogP contribution < -0.4 is 15.0 Å². The van der Waals surface area contributed by atoms with Crippen molar-refractivity contribution in [1.82, 2.24) is 0 Å². The molecule has 1 N–H and O–H groups in total. The van der Waals surface area contributed by atoms with Crippen molar-refractivity contribution in [2.75, 3.05) is 16.8 Å². The average molecular weight is 587 g/mol. The number of aryl methyl sites for hydroxylation is 2. The van der Waals surface area contributed by atoms with Crippen molar-refractivity contribution in [2.24, 2.45) is 0 Å². The molecular weight excluding hydrogens is 556 g/mol. The van der Waals surface area contributed by atoms with E-state index in [1.54, 1.807) is 0 Å².